The fourth-order valence-corrected chi connectivity index (χ4v) is 4.82. The monoisotopic (exact) mass is 420 g/mol. The lowest BCUT2D eigenvalue weighted by Gasteiger charge is -2.15. The van der Waals surface area contributed by atoms with E-state index in [2.05, 4.69) is 24.9 Å². The second-order valence-electron chi connectivity index (χ2n) is 8.65. The van der Waals surface area contributed by atoms with Crippen LogP contribution < -0.4 is 4.74 Å². The lowest BCUT2D eigenvalue weighted by molar-refractivity contribution is 0.100. The molecule has 4 nitrogen and oxygen atoms in total. The molecule has 0 spiro atoms. The van der Waals surface area contributed by atoms with Crippen LogP contribution in [0.4, 0.5) is 0 Å². The molecule has 0 N–H and O–H groups in total. The molecule has 3 atom stereocenters. The Morgan fingerprint density at radius 1 is 1.13 bits per heavy atom. The summed E-state index contributed by atoms with van der Waals surface area (Å²) in [5.41, 5.74) is 3.35. The second-order valence-corrected chi connectivity index (χ2v) is 9.06. The van der Waals surface area contributed by atoms with E-state index in [4.69, 9.17) is 21.6 Å². The van der Waals surface area contributed by atoms with Crippen LogP contribution in [0.25, 0.3) is 0 Å². The number of nitriles is 1. The van der Waals surface area contributed by atoms with Gasteiger partial charge in [-0.05, 0) is 73.3 Å². The Morgan fingerprint density at radius 2 is 1.80 bits per heavy atom. The van der Waals surface area contributed by atoms with Crippen LogP contribution in [-0.4, -0.2) is 17.7 Å². The molecule has 2 aromatic carbocycles. The zero-order chi connectivity index (χ0) is 21.3. The molecule has 2 aliphatic rings. The van der Waals surface area contributed by atoms with Gasteiger partial charge in [-0.3, -0.25) is 4.79 Å². The van der Waals surface area contributed by atoms with Crippen LogP contribution in [0.2, 0.25) is 5.02 Å². The Morgan fingerprint density at radius 3 is 2.37 bits per heavy atom. The molecule has 0 aromatic heterocycles. The van der Waals surface area contributed by atoms with E-state index in [0.717, 1.165) is 31.4 Å². The van der Waals surface area contributed by atoms with Crippen molar-refractivity contribution in [3.05, 3.63) is 64.2 Å². The number of aliphatic imine (C=N–C) groups is 1. The summed E-state index contributed by atoms with van der Waals surface area (Å²) in [5, 5.41) is 9.41. The van der Waals surface area contributed by atoms with Gasteiger partial charge >= 0.3 is 0 Å². The molecule has 2 fully saturated rings. The van der Waals surface area contributed by atoms with Crippen molar-refractivity contribution in [2.45, 2.75) is 51.6 Å². The van der Waals surface area contributed by atoms with E-state index in [1.165, 1.54) is 5.56 Å². The average molecular weight is 421 g/mol. The molecule has 1 unspecified atom stereocenters. The van der Waals surface area contributed by atoms with Crippen LogP contribution in [0.5, 0.6) is 5.75 Å². The lowest BCUT2D eigenvalue weighted by atomic mass is 10.0. The molecule has 0 saturated heterocycles. The third-order valence-electron chi connectivity index (χ3n) is 6.24. The highest BCUT2D eigenvalue weighted by atomic mass is 35.5. The second kappa shape index (κ2) is 8.62. The third kappa shape index (κ3) is 4.42. The van der Waals surface area contributed by atoms with E-state index in [0.29, 0.717) is 39.7 Å². The third-order valence-corrected chi connectivity index (χ3v) is 6.55. The van der Waals surface area contributed by atoms with E-state index in [-0.39, 0.29) is 12.0 Å². The Kier molecular flexibility index (Phi) is 5.92. The van der Waals surface area contributed by atoms with E-state index in [9.17, 15) is 4.79 Å². The highest BCUT2D eigenvalue weighted by molar-refractivity contribution is 6.31. The van der Waals surface area contributed by atoms with Crippen molar-refractivity contribution in [1.29, 1.82) is 5.26 Å². The van der Waals surface area contributed by atoms with Crippen molar-refractivity contribution in [2.24, 2.45) is 16.8 Å². The van der Waals surface area contributed by atoms with E-state index in [1.807, 2.05) is 24.3 Å². The van der Waals surface area contributed by atoms with Gasteiger partial charge in [-0.2, -0.15) is 5.26 Å². The molecule has 5 heteroatoms. The fraction of sp³-hybridized carbons (Fsp3) is 0.400. The SMILES string of the molecule is CC(C)c1ccc(C(=O)N=C2C[C@@H]3CC(Oc4ccc(C#N)c(Cl)c4)C[C@@H]3C2)cc1. The predicted molar refractivity (Wildman–Crippen MR) is 118 cm³/mol. The predicted octanol–water partition coefficient (Wildman–Crippen LogP) is 6.18. The van der Waals surface area contributed by atoms with Crippen molar-refractivity contribution in [3.8, 4) is 11.8 Å². The molecule has 4 rings (SSSR count). The minimum absolute atomic E-state index is 0.139. The zero-order valence-electron chi connectivity index (χ0n) is 17.3. The maximum Gasteiger partial charge on any atom is 0.276 e. The highest BCUT2D eigenvalue weighted by Crippen LogP contribution is 2.44. The maximum atomic E-state index is 12.5. The van der Waals surface area contributed by atoms with Gasteiger partial charge < -0.3 is 4.74 Å². The minimum Gasteiger partial charge on any atom is -0.490 e. The van der Waals surface area contributed by atoms with Crippen LogP contribution in [-0.2, 0) is 0 Å². The lowest BCUT2D eigenvalue weighted by Crippen LogP contribution is -2.14. The topological polar surface area (TPSA) is 62.4 Å². The van der Waals surface area contributed by atoms with Gasteiger partial charge in [0.25, 0.3) is 5.91 Å². The number of benzene rings is 2. The number of halogens is 1. The molecule has 0 radical (unpaired) electrons. The smallest absolute Gasteiger partial charge is 0.276 e. The molecule has 0 heterocycles. The van der Waals surface area contributed by atoms with Gasteiger partial charge in [0.1, 0.15) is 11.8 Å². The molecular weight excluding hydrogens is 396 g/mol. The number of amides is 1. The number of hydrogen-bond acceptors (Lipinski definition) is 3. The molecule has 0 bridgehead atoms. The summed E-state index contributed by atoms with van der Waals surface area (Å²) in [6, 6.07) is 15.0. The Balaban J connectivity index is 1.34. The first-order valence-electron chi connectivity index (χ1n) is 10.5. The van der Waals surface area contributed by atoms with Crippen molar-refractivity contribution in [3.63, 3.8) is 0 Å². The Bertz CT molecular complexity index is 1000. The fourth-order valence-electron chi connectivity index (χ4n) is 4.60. The van der Waals surface area contributed by atoms with Crippen molar-refractivity contribution >= 4 is 23.2 Å². The molecule has 0 aliphatic heterocycles. The first-order valence-corrected chi connectivity index (χ1v) is 10.9. The van der Waals surface area contributed by atoms with Crippen molar-refractivity contribution in [1.82, 2.24) is 0 Å². The van der Waals surface area contributed by atoms with E-state index in [1.54, 1.807) is 18.2 Å². The number of rotatable bonds is 4. The maximum absolute atomic E-state index is 12.5. The zero-order valence-corrected chi connectivity index (χ0v) is 18.0. The number of hydrogen-bond donors (Lipinski definition) is 0. The highest BCUT2D eigenvalue weighted by Gasteiger charge is 2.41. The molecular formula is C25H25ClN2O2. The number of nitrogens with zero attached hydrogens (tertiary/aromatic N) is 2. The number of carbonyl (C=O) groups is 1. The summed E-state index contributed by atoms with van der Waals surface area (Å²) < 4.78 is 6.11. The summed E-state index contributed by atoms with van der Waals surface area (Å²) in [4.78, 5) is 17.0. The first-order chi connectivity index (χ1) is 14.4. The van der Waals surface area contributed by atoms with Crippen LogP contribution >= 0.6 is 11.6 Å². The summed E-state index contributed by atoms with van der Waals surface area (Å²) in [7, 11) is 0. The normalized spacial score (nSPS) is 24.1. The summed E-state index contributed by atoms with van der Waals surface area (Å²) in [6.07, 6.45) is 3.80. The standard InChI is InChI=1S/C25H25ClN2O2/c1-15(2)16-3-5-17(6-4-16)25(29)28-21-9-19-11-23(12-20(19)10-21)30-22-8-7-18(14-27)24(26)13-22/h3-8,13,15,19-20,23H,9-12H2,1-2H3/t19-,20+,23?. The van der Waals surface area contributed by atoms with Crippen LogP contribution in [0, 0.1) is 23.2 Å². The average Bonchev–Trinajstić information content (AvgIpc) is 3.26. The largest absolute Gasteiger partial charge is 0.490 e. The van der Waals surface area contributed by atoms with E-state index >= 15 is 0 Å². The summed E-state index contributed by atoms with van der Waals surface area (Å²) in [5.74, 6) is 2.04. The van der Waals surface area contributed by atoms with Gasteiger partial charge in [0, 0.05) is 17.3 Å². The number of ether oxygens (including phenoxy) is 1. The number of carbonyl (C=O) groups excluding carboxylic acids is 1. The van der Waals surface area contributed by atoms with E-state index < -0.39 is 0 Å². The molecule has 2 aromatic rings. The van der Waals surface area contributed by atoms with Crippen molar-refractivity contribution < 1.29 is 9.53 Å². The molecule has 154 valence electrons. The van der Waals surface area contributed by atoms with Gasteiger partial charge in [-0.1, -0.05) is 37.6 Å². The summed E-state index contributed by atoms with van der Waals surface area (Å²) in [6.45, 7) is 4.28. The van der Waals surface area contributed by atoms with Crippen LogP contribution in [0.15, 0.2) is 47.5 Å². The minimum atomic E-state index is -0.139. The van der Waals surface area contributed by atoms with Gasteiger partial charge in [0.05, 0.1) is 16.7 Å². The van der Waals surface area contributed by atoms with Gasteiger partial charge in [0.2, 0.25) is 0 Å². The van der Waals surface area contributed by atoms with Gasteiger partial charge in [0.15, 0.2) is 0 Å². The Hall–Kier alpha value is -2.64. The quantitative estimate of drug-likeness (QED) is 0.592. The Labute approximate surface area is 182 Å². The van der Waals surface area contributed by atoms with Gasteiger partial charge in [-0.25, -0.2) is 4.99 Å². The summed E-state index contributed by atoms with van der Waals surface area (Å²) >= 11 is 6.10. The molecule has 30 heavy (non-hydrogen) atoms. The molecule has 2 aliphatic carbocycles. The van der Waals surface area contributed by atoms with Crippen LogP contribution in [0.1, 0.15) is 66.9 Å². The van der Waals surface area contributed by atoms with Crippen molar-refractivity contribution in [2.75, 3.05) is 0 Å². The van der Waals surface area contributed by atoms with Crippen LogP contribution in [0.3, 0.4) is 0 Å². The number of fused-ring (bicyclic) bond motifs is 1. The molecule has 1 amide bonds. The first kappa shape index (κ1) is 20.6. The van der Waals surface area contributed by atoms with Gasteiger partial charge in [-0.15, -0.1) is 0 Å². The molecule has 2 saturated carbocycles.